The van der Waals surface area contributed by atoms with E-state index in [9.17, 15) is 24.0 Å². The molecule has 0 saturated carbocycles. The normalized spacial score (nSPS) is 11.5. The van der Waals surface area contributed by atoms with Crippen LogP contribution in [0.4, 0.5) is 22.7 Å². The number of nitrogens with one attached hydrogen (secondary N) is 2. The van der Waals surface area contributed by atoms with Crippen molar-refractivity contribution in [3.63, 3.8) is 0 Å². The van der Waals surface area contributed by atoms with Crippen LogP contribution in [-0.4, -0.2) is 26.4 Å². The van der Waals surface area contributed by atoms with Crippen LogP contribution >= 0.6 is 0 Å². The monoisotopic (exact) mass is 500 g/mol. The van der Waals surface area contributed by atoms with Crippen molar-refractivity contribution in [2.24, 2.45) is 0 Å². The summed E-state index contributed by atoms with van der Waals surface area (Å²) in [5.74, 6) is -2.63. The summed E-state index contributed by atoms with van der Waals surface area (Å²) in [4.78, 5) is 25.3. The molecule has 1 unspecified atom stereocenters. The molecule has 0 aliphatic rings. The highest BCUT2D eigenvalue weighted by Gasteiger charge is 2.30. The molecule has 36 heavy (non-hydrogen) atoms. The topological polar surface area (TPSA) is 116 Å². The van der Waals surface area contributed by atoms with Crippen molar-refractivity contribution < 1.29 is 24.0 Å². The minimum absolute atomic E-state index is 0.0274. The van der Waals surface area contributed by atoms with Crippen molar-refractivity contribution in [2.75, 3.05) is 10.6 Å². The molecule has 0 radical (unpaired) electrons. The molecule has 0 fully saturated rings. The molecule has 0 aromatic heterocycles. The number of carboxylic acids is 2. The van der Waals surface area contributed by atoms with Crippen LogP contribution in [0.25, 0.3) is 0 Å². The molecule has 7 nitrogen and oxygen atoms in total. The Morgan fingerprint density at radius 1 is 0.722 bits per heavy atom. The highest BCUT2D eigenvalue weighted by molar-refractivity contribution is 7.85. The summed E-state index contributed by atoms with van der Waals surface area (Å²) < 4.78 is 13.9. The first-order valence-corrected chi connectivity index (χ1v) is 12.2. The van der Waals surface area contributed by atoms with Gasteiger partial charge in [0.05, 0.1) is 32.6 Å². The zero-order valence-corrected chi connectivity index (χ0v) is 20.4. The van der Waals surface area contributed by atoms with Gasteiger partial charge in [-0.15, -0.1) is 0 Å². The number of benzene rings is 4. The number of anilines is 4. The van der Waals surface area contributed by atoms with Crippen molar-refractivity contribution in [2.45, 2.75) is 23.6 Å². The summed E-state index contributed by atoms with van der Waals surface area (Å²) in [6.07, 6.45) is 0. The van der Waals surface area contributed by atoms with Crippen LogP contribution in [0.3, 0.4) is 0 Å². The van der Waals surface area contributed by atoms with Crippen LogP contribution in [0, 0.1) is 13.8 Å². The van der Waals surface area contributed by atoms with Gasteiger partial charge in [0.1, 0.15) is 5.56 Å². The first-order chi connectivity index (χ1) is 17.2. The quantitative estimate of drug-likeness (QED) is 0.223. The Bertz CT molecular complexity index is 1490. The Labute approximate surface area is 210 Å². The molecule has 0 amide bonds. The second-order valence-electron chi connectivity index (χ2n) is 8.23. The molecule has 0 saturated heterocycles. The third-order valence-electron chi connectivity index (χ3n) is 5.45. The number of carbonyl (C=O) groups is 2. The fourth-order valence-electron chi connectivity index (χ4n) is 3.85. The number of hydrogen-bond acceptors (Lipinski definition) is 5. The van der Waals surface area contributed by atoms with E-state index < -0.39 is 22.7 Å². The van der Waals surface area contributed by atoms with Gasteiger partial charge in [-0.1, -0.05) is 42.5 Å². The second-order valence-corrected chi connectivity index (χ2v) is 9.65. The Hall–Kier alpha value is -4.43. The molecule has 0 aliphatic heterocycles. The van der Waals surface area contributed by atoms with E-state index in [1.807, 2.05) is 26.0 Å². The lowest BCUT2D eigenvalue weighted by Crippen LogP contribution is -2.15. The summed E-state index contributed by atoms with van der Waals surface area (Å²) in [5, 5.41) is 26.5. The smallest absolute Gasteiger partial charge is 0.339 e. The lowest BCUT2D eigenvalue weighted by molar-refractivity contribution is 0.0680. The van der Waals surface area contributed by atoms with E-state index in [1.165, 1.54) is 6.07 Å². The molecule has 4 aromatic carbocycles. The van der Waals surface area contributed by atoms with E-state index in [1.54, 1.807) is 66.7 Å². The SMILES string of the molecule is Cc1cccc(Nc2cc(C(=O)O)c(Nc3cccc(C)c3)c(S(=O)c3ccccc3)c2C(=O)O)c1. The third kappa shape index (κ3) is 5.29. The van der Waals surface area contributed by atoms with E-state index in [0.717, 1.165) is 11.1 Å². The minimum atomic E-state index is -2.02. The molecule has 4 rings (SSSR count). The Morgan fingerprint density at radius 3 is 1.83 bits per heavy atom. The molecule has 8 heteroatoms. The molecular weight excluding hydrogens is 476 g/mol. The second kappa shape index (κ2) is 10.5. The van der Waals surface area contributed by atoms with E-state index in [2.05, 4.69) is 10.6 Å². The summed E-state index contributed by atoms with van der Waals surface area (Å²) in [7, 11) is -2.02. The van der Waals surface area contributed by atoms with E-state index in [4.69, 9.17) is 0 Å². The van der Waals surface area contributed by atoms with Crippen LogP contribution < -0.4 is 10.6 Å². The molecule has 1 atom stereocenters. The molecule has 0 spiro atoms. The first kappa shape index (κ1) is 24.7. The van der Waals surface area contributed by atoms with Gasteiger partial charge in [-0.25, -0.2) is 13.8 Å². The zero-order valence-electron chi connectivity index (χ0n) is 19.6. The van der Waals surface area contributed by atoms with Crippen molar-refractivity contribution in [1.29, 1.82) is 0 Å². The lowest BCUT2D eigenvalue weighted by Gasteiger charge is -2.21. The van der Waals surface area contributed by atoms with Gasteiger partial charge in [0.15, 0.2) is 0 Å². The van der Waals surface area contributed by atoms with Gasteiger partial charge in [-0.2, -0.15) is 0 Å². The molecule has 182 valence electrons. The van der Waals surface area contributed by atoms with Gasteiger partial charge >= 0.3 is 11.9 Å². The maximum Gasteiger partial charge on any atom is 0.339 e. The predicted octanol–water partition coefficient (Wildman–Crippen LogP) is 6.35. The van der Waals surface area contributed by atoms with Gasteiger partial charge in [-0.3, -0.25) is 0 Å². The summed E-state index contributed by atoms with van der Waals surface area (Å²) >= 11 is 0. The van der Waals surface area contributed by atoms with Crippen LogP contribution in [0.2, 0.25) is 0 Å². The number of hydrogen-bond donors (Lipinski definition) is 4. The van der Waals surface area contributed by atoms with Crippen molar-refractivity contribution in [1.82, 2.24) is 0 Å². The average molecular weight is 501 g/mol. The summed E-state index contributed by atoms with van der Waals surface area (Å²) in [5.41, 5.74) is 2.46. The number of carboxylic acid groups (broad SMARTS) is 2. The molecular formula is C28H24N2O5S. The van der Waals surface area contributed by atoms with Crippen LogP contribution in [-0.2, 0) is 10.8 Å². The zero-order chi connectivity index (χ0) is 25.8. The van der Waals surface area contributed by atoms with E-state index in [0.29, 0.717) is 16.3 Å². The van der Waals surface area contributed by atoms with Gasteiger partial charge < -0.3 is 20.8 Å². The van der Waals surface area contributed by atoms with Crippen molar-refractivity contribution in [3.05, 3.63) is 107 Å². The summed E-state index contributed by atoms with van der Waals surface area (Å²) in [6, 6.07) is 24.0. The molecule has 0 bridgehead atoms. The molecule has 0 aliphatic carbocycles. The standard InChI is InChI=1S/C28H24N2O5S/c1-17-8-6-10-19(14-17)29-23-16-22(27(31)32)25(30-20-11-7-9-18(2)15-20)26(24(23)28(33)34)36(35)21-12-4-3-5-13-21/h3-16,29-30H,1-2H3,(H,31,32)(H,33,34). The summed E-state index contributed by atoms with van der Waals surface area (Å²) in [6.45, 7) is 3.76. The van der Waals surface area contributed by atoms with Gasteiger partial charge in [0, 0.05) is 16.3 Å². The number of aromatic carboxylic acids is 2. The Morgan fingerprint density at radius 2 is 1.31 bits per heavy atom. The van der Waals surface area contributed by atoms with E-state index >= 15 is 0 Å². The van der Waals surface area contributed by atoms with E-state index in [-0.39, 0.29) is 27.4 Å². The molecule has 4 aromatic rings. The largest absolute Gasteiger partial charge is 0.478 e. The number of aryl methyl sites for hydroxylation is 2. The maximum atomic E-state index is 13.9. The number of rotatable bonds is 8. The van der Waals surface area contributed by atoms with Crippen LogP contribution in [0.1, 0.15) is 31.8 Å². The lowest BCUT2D eigenvalue weighted by atomic mass is 10.0. The van der Waals surface area contributed by atoms with Crippen LogP contribution in [0.5, 0.6) is 0 Å². The highest BCUT2D eigenvalue weighted by atomic mass is 32.2. The average Bonchev–Trinajstić information content (AvgIpc) is 2.84. The molecule has 4 N–H and O–H groups in total. The predicted molar refractivity (Wildman–Crippen MR) is 140 cm³/mol. The van der Waals surface area contributed by atoms with Crippen LogP contribution in [0.15, 0.2) is 94.7 Å². The van der Waals surface area contributed by atoms with Crippen molar-refractivity contribution in [3.8, 4) is 0 Å². The molecule has 0 heterocycles. The Kier molecular flexibility index (Phi) is 7.17. The minimum Gasteiger partial charge on any atom is -0.478 e. The van der Waals surface area contributed by atoms with Gasteiger partial charge in [0.2, 0.25) is 0 Å². The Balaban J connectivity index is 2.02. The fourth-order valence-corrected chi connectivity index (χ4v) is 5.22. The fraction of sp³-hybridized carbons (Fsp3) is 0.0714. The third-order valence-corrected chi connectivity index (χ3v) is 6.93. The van der Waals surface area contributed by atoms with Gasteiger partial charge in [-0.05, 0) is 67.4 Å². The maximum absolute atomic E-state index is 13.9. The van der Waals surface area contributed by atoms with Gasteiger partial charge in [0.25, 0.3) is 0 Å². The highest BCUT2D eigenvalue weighted by Crippen LogP contribution is 2.39. The van der Waals surface area contributed by atoms with Crippen molar-refractivity contribution >= 4 is 45.5 Å². The first-order valence-electron chi connectivity index (χ1n) is 11.1.